The lowest BCUT2D eigenvalue weighted by molar-refractivity contribution is 0.810. The normalized spacial score (nSPS) is 11.4. The average molecular weight is 561 g/mol. The van der Waals surface area contributed by atoms with Crippen molar-refractivity contribution < 1.29 is 0 Å². The predicted octanol–water partition coefficient (Wildman–Crippen LogP) is 4.98. The molecule has 0 spiro atoms. The molecule has 0 atom stereocenters. The number of guanidine groups is 1. The van der Waals surface area contributed by atoms with Crippen LogP contribution in [0.5, 0.6) is 0 Å². The van der Waals surface area contributed by atoms with Crippen LogP contribution >= 0.6 is 35.3 Å². The Labute approximate surface area is 210 Å². The predicted molar refractivity (Wildman–Crippen MR) is 144 cm³/mol. The number of nitrogens with one attached hydrogen (secondary N) is 2. The number of hydrogen-bond acceptors (Lipinski definition) is 4. The molecule has 8 heteroatoms. The van der Waals surface area contributed by atoms with Gasteiger partial charge in [-0.3, -0.25) is 0 Å². The van der Waals surface area contributed by atoms with Crippen molar-refractivity contribution in [2.45, 2.75) is 39.9 Å². The van der Waals surface area contributed by atoms with Crippen molar-refractivity contribution in [1.82, 2.24) is 25.2 Å². The van der Waals surface area contributed by atoms with Crippen LogP contribution in [-0.2, 0) is 26.1 Å². The topological polar surface area (TPSA) is 67.1 Å². The maximum absolute atomic E-state index is 4.73. The van der Waals surface area contributed by atoms with Gasteiger partial charge in [-0.1, -0.05) is 43.3 Å². The summed E-state index contributed by atoms with van der Waals surface area (Å²) >= 11 is 1.75. The molecule has 0 aliphatic rings. The van der Waals surface area contributed by atoms with Crippen molar-refractivity contribution >= 4 is 52.3 Å². The van der Waals surface area contributed by atoms with Gasteiger partial charge in [-0.15, -0.1) is 35.3 Å². The Kier molecular flexibility index (Phi) is 9.04. The molecular formula is C24H29IN6S. The summed E-state index contributed by atoms with van der Waals surface area (Å²) in [4.78, 5) is 15.0. The van der Waals surface area contributed by atoms with Crippen molar-refractivity contribution in [2.24, 2.45) is 4.99 Å². The van der Waals surface area contributed by atoms with Gasteiger partial charge in [0.05, 0.1) is 30.5 Å². The lowest BCUT2D eigenvalue weighted by atomic mass is 10.1. The Morgan fingerprint density at radius 2 is 1.78 bits per heavy atom. The van der Waals surface area contributed by atoms with Crippen LogP contribution in [0.1, 0.15) is 34.9 Å². The maximum Gasteiger partial charge on any atom is 0.191 e. The first-order chi connectivity index (χ1) is 15.2. The maximum atomic E-state index is 4.73. The molecule has 6 nitrogen and oxygen atoms in total. The molecule has 0 bridgehead atoms. The van der Waals surface area contributed by atoms with Gasteiger partial charge in [-0.25, -0.2) is 15.0 Å². The van der Waals surface area contributed by atoms with Gasteiger partial charge in [-0.05, 0) is 36.6 Å². The number of para-hydroxylation sites is 2. The zero-order valence-corrected chi connectivity index (χ0v) is 21.6. The molecule has 2 aromatic heterocycles. The number of imidazole rings is 1. The lowest BCUT2D eigenvalue weighted by Crippen LogP contribution is -2.36. The van der Waals surface area contributed by atoms with E-state index in [1.165, 1.54) is 16.0 Å². The summed E-state index contributed by atoms with van der Waals surface area (Å²) < 4.78 is 2.18. The van der Waals surface area contributed by atoms with Gasteiger partial charge in [-0.2, -0.15) is 0 Å². The molecule has 0 fully saturated rings. The van der Waals surface area contributed by atoms with E-state index in [9.17, 15) is 0 Å². The molecule has 0 radical (unpaired) electrons. The summed E-state index contributed by atoms with van der Waals surface area (Å²) in [5.74, 6) is 0.810. The summed E-state index contributed by atoms with van der Waals surface area (Å²) in [6.07, 6.45) is 4.89. The lowest BCUT2D eigenvalue weighted by Gasteiger charge is -2.10. The molecular weight excluding hydrogens is 531 g/mol. The van der Waals surface area contributed by atoms with Crippen molar-refractivity contribution in [2.75, 3.05) is 6.54 Å². The zero-order chi connectivity index (χ0) is 21.5. The SMILES string of the molecule is CCNC(=NCc1ccc(Cn2cnc3ccccc32)cc1)NCc1ncc(CC)s1.I. The van der Waals surface area contributed by atoms with Gasteiger partial charge < -0.3 is 15.2 Å². The number of aryl methyl sites for hydroxylation is 1. The second kappa shape index (κ2) is 12.0. The van der Waals surface area contributed by atoms with Gasteiger partial charge >= 0.3 is 0 Å². The van der Waals surface area contributed by atoms with Gasteiger partial charge in [0.25, 0.3) is 0 Å². The van der Waals surface area contributed by atoms with Gasteiger partial charge in [0.2, 0.25) is 0 Å². The number of halogens is 1. The van der Waals surface area contributed by atoms with E-state index in [1.807, 2.05) is 24.7 Å². The molecule has 0 saturated carbocycles. The Morgan fingerprint density at radius 1 is 1.00 bits per heavy atom. The third-order valence-corrected chi connectivity index (χ3v) is 6.17. The molecule has 0 unspecified atom stereocenters. The molecule has 2 heterocycles. The van der Waals surface area contributed by atoms with Gasteiger partial charge in [0.1, 0.15) is 5.01 Å². The van der Waals surface area contributed by atoms with Gasteiger partial charge in [0.15, 0.2) is 5.96 Å². The highest BCUT2D eigenvalue weighted by Gasteiger charge is 2.04. The second-order valence-electron chi connectivity index (χ2n) is 7.30. The summed E-state index contributed by atoms with van der Waals surface area (Å²) in [6.45, 7) is 7.17. The highest BCUT2D eigenvalue weighted by molar-refractivity contribution is 14.0. The van der Waals surface area contributed by atoms with Crippen LogP contribution in [-0.4, -0.2) is 27.0 Å². The van der Waals surface area contributed by atoms with Crippen LogP contribution in [0.2, 0.25) is 0 Å². The highest BCUT2D eigenvalue weighted by Crippen LogP contribution is 2.15. The molecule has 168 valence electrons. The minimum absolute atomic E-state index is 0. The monoisotopic (exact) mass is 560 g/mol. The molecule has 4 rings (SSSR count). The Bertz CT molecular complexity index is 1150. The van der Waals surface area contributed by atoms with Crippen LogP contribution in [0.3, 0.4) is 0 Å². The van der Waals surface area contributed by atoms with E-state index in [0.29, 0.717) is 13.1 Å². The van der Waals surface area contributed by atoms with E-state index >= 15 is 0 Å². The van der Waals surface area contributed by atoms with Crippen molar-refractivity contribution in [3.05, 3.63) is 82.1 Å². The largest absolute Gasteiger partial charge is 0.357 e. The molecule has 0 aliphatic carbocycles. The fraction of sp³-hybridized carbons (Fsp3) is 0.292. The summed E-state index contributed by atoms with van der Waals surface area (Å²) in [5.41, 5.74) is 4.61. The van der Waals surface area contributed by atoms with Crippen molar-refractivity contribution in [3.63, 3.8) is 0 Å². The summed E-state index contributed by atoms with van der Waals surface area (Å²) in [6, 6.07) is 16.9. The van der Waals surface area contributed by atoms with E-state index in [4.69, 9.17) is 4.99 Å². The number of hydrogen-bond donors (Lipinski definition) is 2. The first-order valence-corrected chi connectivity index (χ1v) is 11.5. The van der Waals surface area contributed by atoms with Crippen molar-refractivity contribution in [1.29, 1.82) is 0 Å². The van der Waals surface area contributed by atoms with Crippen LogP contribution in [0.4, 0.5) is 0 Å². The smallest absolute Gasteiger partial charge is 0.191 e. The molecule has 32 heavy (non-hydrogen) atoms. The average Bonchev–Trinajstić information content (AvgIpc) is 3.44. The Morgan fingerprint density at radius 3 is 2.53 bits per heavy atom. The summed E-state index contributed by atoms with van der Waals surface area (Å²) in [5, 5.41) is 7.77. The van der Waals surface area contributed by atoms with Crippen LogP contribution < -0.4 is 10.6 Å². The third-order valence-electron chi connectivity index (χ3n) is 5.02. The number of nitrogens with zero attached hydrogens (tertiary/aromatic N) is 4. The standard InChI is InChI=1S/C24H28N6S.HI/c1-3-20-14-26-23(31-20)15-28-24(25-4-2)27-13-18-9-11-19(12-10-18)16-30-17-29-21-7-5-6-8-22(21)30;/h5-12,14,17H,3-4,13,15-16H2,1-2H3,(H2,25,27,28);1H. The highest BCUT2D eigenvalue weighted by atomic mass is 127. The molecule has 2 aromatic carbocycles. The number of benzene rings is 2. The van der Waals surface area contributed by atoms with E-state index in [1.54, 1.807) is 11.3 Å². The fourth-order valence-corrected chi connectivity index (χ4v) is 4.15. The minimum Gasteiger partial charge on any atom is -0.357 e. The minimum atomic E-state index is 0. The summed E-state index contributed by atoms with van der Waals surface area (Å²) in [7, 11) is 0. The van der Waals surface area contributed by atoms with E-state index < -0.39 is 0 Å². The molecule has 2 N–H and O–H groups in total. The molecule has 0 aliphatic heterocycles. The Hall–Kier alpha value is -2.46. The fourth-order valence-electron chi connectivity index (χ4n) is 3.35. The van der Waals surface area contributed by atoms with Gasteiger partial charge in [0, 0.05) is 24.2 Å². The number of fused-ring (bicyclic) bond motifs is 1. The van der Waals surface area contributed by atoms with Crippen LogP contribution in [0, 0.1) is 0 Å². The number of thiazole rings is 1. The van der Waals surface area contributed by atoms with Crippen LogP contribution in [0.15, 0.2) is 66.0 Å². The molecule has 0 amide bonds. The number of aromatic nitrogens is 3. The molecule has 0 saturated heterocycles. The van der Waals surface area contributed by atoms with Crippen molar-refractivity contribution in [3.8, 4) is 0 Å². The van der Waals surface area contributed by atoms with E-state index in [-0.39, 0.29) is 24.0 Å². The van der Waals surface area contributed by atoms with Crippen LogP contribution in [0.25, 0.3) is 11.0 Å². The first-order valence-electron chi connectivity index (χ1n) is 10.7. The zero-order valence-electron chi connectivity index (χ0n) is 18.4. The van der Waals surface area contributed by atoms with E-state index in [2.05, 4.69) is 75.4 Å². The second-order valence-corrected chi connectivity index (χ2v) is 8.50. The third kappa shape index (κ3) is 6.29. The first kappa shape index (κ1) is 24.2. The number of aliphatic imine (C=N–C) groups is 1. The van der Waals surface area contributed by atoms with E-state index in [0.717, 1.165) is 41.5 Å². The number of rotatable bonds is 8. The molecule has 4 aromatic rings. The Balaban J connectivity index is 0.00000289. The quantitative estimate of drug-likeness (QED) is 0.181.